The second kappa shape index (κ2) is 7.75. The van der Waals surface area contributed by atoms with Gasteiger partial charge in [-0.1, -0.05) is 6.07 Å². The molecule has 0 atom stereocenters. The number of aromatic nitrogens is 3. The number of benzene rings is 1. The van der Waals surface area contributed by atoms with Crippen LogP contribution in [0, 0.1) is 6.92 Å². The third-order valence-electron chi connectivity index (χ3n) is 6.15. The summed E-state index contributed by atoms with van der Waals surface area (Å²) in [5.41, 5.74) is 3.76. The number of aryl methyl sites for hydroxylation is 1. The van der Waals surface area contributed by atoms with Gasteiger partial charge in [0.05, 0.1) is 18.3 Å². The number of nitrogens with zero attached hydrogens (tertiary/aromatic N) is 4. The third-order valence-corrected chi connectivity index (χ3v) is 6.15. The van der Waals surface area contributed by atoms with Crippen molar-refractivity contribution in [3.63, 3.8) is 0 Å². The van der Waals surface area contributed by atoms with Crippen LogP contribution in [0.15, 0.2) is 36.4 Å². The molecule has 2 aromatic heterocycles. The summed E-state index contributed by atoms with van der Waals surface area (Å²) in [6.07, 6.45) is 2.11. The van der Waals surface area contributed by atoms with Crippen molar-refractivity contribution >= 4 is 16.7 Å². The highest BCUT2D eigenvalue weighted by Gasteiger charge is 2.39. The number of rotatable bonds is 4. The molecule has 6 nitrogen and oxygen atoms in total. The van der Waals surface area contributed by atoms with Gasteiger partial charge in [-0.15, -0.1) is 10.2 Å². The van der Waals surface area contributed by atoms with Crippen molar-refractivity contribution in [3.8, 4) is 17.0 Å². The molecule has 3 aromatic rings. The predicted molar refractivity (Wildman–Crippen MR) is 127 cm³/mol. The summed E-state index contributed by atoms with van der Waals surface area (Å²) >= 11 is 0. The maximum atomic E-state index is 5.64. The molecule has 3 heterocycles. The molecule has 0 aliphatic carbocycles. The fourth-order valence-electron chi connectivity index (χ4n) is 5.01. The van der Waals surface area contributed by atoms with Gasteiger partial charge in [0.1, 0.15) is 5.75 Å². The van der Waals surface area contributed by atoms with Crippen LogP contribution in [0.1, 0.15) is 46.2 Å². The van der Waals surface area contributed by atoms with Crippen molar-refractivity contribution in [1.29, 1.82) is 0 Å². The molecule has 1 aliphatic heterocycles. The van der Waals surface area contributed by atoms with E-state index in [1.807, 2.05) is 31.2 Å². The standard InChI is InChI=1S/C25H33N5O/c1-16-8-9-17-12-22(31-7)19(13-21(17)26-16)20-10-11-23(28-27-20)30(6)18-14-24(2,3)29-25(4,5)15-18/h8-13,18,29H,14-15H2,1-7H3. The van der Waals surface area contributed by atoms with Gasteiger partial charge in [-0.3, -0.25) is 4.98 Å². The number of anilines is 1. The molecule has 31 heavy (non-hydrogen) atoms. The number of methoxy groups -OCH3 is 1. The van der Waals surface area contributed by atoms with Crippen molar-refractivity contribution in [3.05, 3.63) is 42.1 Å². The number of pyridine rings is 1. The summed E-state index contributed by atoms with van der Waals surface area (Å²) in [4.78, 5) is 6.92. The summed E-state index contributed by atoms with van der Waals surface area (Å²) < 4.78 is 5.64. The number of ether oxygens (including phenoxy) is 1. The molecular weight excluding hydrogens is 386 g/mol. The van der Waals surface area contributed by atoms with Gasteiger partial charge in [0, 0.05) is 40.8 Å². The fraction of sp³-hybridized carbons (Fsp3) is 0.480. The monoisotopic (exact) mass is 419 g/mol. The first-order valence-corrected chi connectivity index (χ1v) is 10.9. The Morgan fingerprint density at radius 2 is 1.71 bits per heavy atom. The minimum absolute atomic E-state index is 0.0810. The van der Waals surface area contributed by atoms with E-state index in [1.54, 1.807) is 7.11 Å². The summed E-state index contributed by atoms with van der Waals surface area (Å²) in [7, 11) is 3.80. The number of hydrogen-bond donors (Lipinski definition) is 1. The molecule has 4 rings (SSSR count). The molecule has 0 radical (unpaired) electrons. The van der Waals surface area contributed by atoms with Crippen LogP contribution < -0.4 is 15.0 Å². The normalized spacial score (nSPS) is 18.2. The summed E-state index contributed by atoms with van der Waals surface area (Å²) in [6.45, 7) is 11.1. The first-order chi connectivity index (χ1) is 14.6. The zero-order valence-electron chi connectivity index (χ0n) is 19.7. The van der Waals surface area contributed by atoms with Gasteiger partial charge < -0.3 is 15.0 Å². The van der Waals surface area contributed by atoms with Crippen molar-refractivity contribution in [2.75, 3.05) is 19.1 Å². The average molecular weight is 420 g/mol. The van der Waals surface area contributed by atoms with Gasteiger partial charge in [0.2, 0.25) is 0 Å². The average Bonchev–Trinajstić information content (AvgIpc) is 2.70. The SMILES string of the molecule is COc1cc2ccc(C)nc2cc1-c1ccc(N(C)C2CC(C)(C)NC(C)(C)C2)nn1. The summed E-state index contributed by atoms with van der Waals surface area (Å²) in [6, 6.07) is 12.6. The third kappa shape index (κ3) is 4.49. The second-order valence-electron chi connectivity index (χ2n) is 10.0. The van der Waals surface area contributed by atoms with Gasteiger partial charge in [-0.25, -0.2) is 0 Å². The Bertz CT molecular complexity index is 1080. The summed E-state index contributed by atoms with van der Waals surface area (Å²) in [5.74, 6) is 1.66. The molecule has 0 unspecified atom stereocenters. The highest BCUT2D eigenvalue weighted by molar-refractivity contribution is 5.87. The van der Waals surface area contributed by atoms with Crippen LogP contribution >= 0.6 is 0 Å². The molecule has 0 spiro atoms. The lowest BCUT2D eigenvalue weighted by atomic mass is 9.79. The van der Waals surface area contributed by atoms with E-state index in [0.29, 0.717) is 6.04 Å². The van der Waals surface area contributed by atoms with E-state index in [0.717, 1.165) is 52.3 Å². The lowest BCUT2D eigenvalue weighted by Gasteiger charge is -2.49. The maximum absolute atomic E-state index is 5.64. The Labute approximate surface area is 185 Å². The van der Waals surface area contributed by atoms with Crippen molar-refractivity contribution in [2.24, 2.45) is 0 Å². The minimum Gasteiger partial charge on any atom is -0.496 e. The molecule has 1 aliphatic rings. The lowest BCUT2D eigenvalue weighted by Crippen LogP contribution is -2.62. The van der Waals surface area contributed by atoms with Gasteiger partial charge in [-0.05, 0) is 77.8 Å². The van der Waals surface area contributed by atoms with E-state index >= 15 is 0 Å². The van der Waals surface area contributed by atoms with Crippen molar-refractivity contribution in [1.82, 2.24) is 20.5 Å². The smallest absolute Gasteiger partial charge is 0.151 e. The fourth-order valence-corrected chi connectivity index (χ4v) is 5.01. The van der Waals surface area contributed by atoms with Crippen molar-refractivity contribution < 1.29 is 4.74 Å². The Balaban J connectivity index is 1.64. The van der Waals surface area contributed by atoms with Crippen molar-refractivity contribution in [2.45, 2.75) is 64.6 Å². The molecule has 0 bridgehead atoms. The lowest BCUT2D eigenvalue weighted by molar-refractivity contribution is 0.160. The minimum atomic E-state index is 0.0810. The second-order valence-corrected chi connectivity index (χ2v) is 10.0. The zero-order valence-corrected chi connectivity index (χ0v) is 19.7. The zero-order chi connectivity index (χ0) is 22.4. The molecule has 164 valence electrons. The van der Waals surface area contributed by atoms with Crippen LogP contribution in [-0.4, -0.2) is 46.5 Å². The molecule has 1 aromatic carbocycles. The molecule has 0 amide bonds. The Morgan fingerprint density at radius 1 is 1.00 bits per heavy atom. The van der Waals surface area contributed by atoms with Crippen LogP contribution in [0.5, 0.6) is 5.75 Å². The van der Waals surface area contributed by atoms with Crippen LogP contribution in [-0.2, 0) is 0 Å². The molecular formula is C25H33N5O. The number of piperidine rings is 1. The Morgan fingerprint density at radius 3 is 2.32 bits per heavy atom. The Hall–Kier alpha value is -2.73. The van der Waals surface area contributed by atoms with E-state index in [2.05, 4.69) is 72.3 Å². The molecule has 1 saturated heterocycles. The van der Waals surface area contributed by atoms with Gasteiger partial charge in [-0.2, -0.15) is 0 Å². The number of nitrogens with one attached hydrogen (secondary N) is 1. The van der Waals surface area contributed by atoms with E-state index in [-0.39, 0.29) is 11.1 Å². The molecule has 0 saturated carbocycles. The van der Waals surface area contributed by atoms with Gasteiger partial charge in [0.25, 0.3) is 0 Å². The van der Waals surface area contributed by atoms with Gasteiger partial charge >= 0.3 is 0 Å². The van der Waals surface area contributed by atoms with Crippen LogP contribution in [0.2, 0.25) is 0 Å². The van der Waals surface area contributed by atoms with E-state index < -0.39 is 0 Å². The Kier molecular flexibility index (Phi) is 5.38. The van der Waals surface area contributed by atoms with E-state index in [4.69, 9.17) is 4.74 Å². The first-order valence-electron chi connectivity index (χ1n) is 10.9. The first kappa shape index (κ1) is 21.5. The van der Waals surface area contributed by atoms with E-state index in [1.165, 1.54) is 0 Å². The largest absolute Gasteiger partial charge is 0.496 e. The molecule has 1 fully saturated rings. The highest BCUT2D eigenvalue weighted by Crippen LogP contribution is 2.35. The quantitative estimate of drug-likeness (QED) is 0.658. The predicted octanol–water partition coefficient (Wildman–Crippen LogP) is 4.75. The molecule has 1 N–H and O–H groups in total. The molecule has 6 heteroatoms. The number of fused-ring (bicyclic) bond motifs is 1. The van der Waals surface area contributed by atoms with Crippen LogP contribution in [0.25, 0.3) is 22.2 Å². The van der Waals surface area contributed by atoms with Gasteiger partial charge in [0.15, 0.2) is 5.82 Å². The topological polar surface area (TPSA) is 63.2 Å². The summed E-state index contributed by atoms with van der Waals surface area (Å²) in [5, 5.41) is 13.9. The van der Waals surface area contributed by atoms with Crippen LogP contribution in [0.4, 0.5) is 5.82 Å². The van der Waals surface area contributed by atoms with Crippen LogP contribution in [0.3, 0.4) is 0 Å². The highest BCUT2D eigenvalue weighted by atomic mass is 16.5. The maximum Gasteiger partial charge on any atom is 0.151 e. The van der Waals surface area contributed by atoms with E-state index in [9.17, 15) is 0 Å². The number of hydrogen-bond acceptors (Lipinski definition) is 6.